The minimum atomic E-state index is -0.504. The molecule has 0 fully saturated rings. The lowest BCUT2D eigenvalue weighted by Crippen LogP contribution is -2.18. The number of hydrogen-bond acceptors (Lipinski definition) is 4. The number of nitrogens with zero attached hydrogens (tertiary/aromatic N) is 3. The van der Waals surface area contributed by atoms with Crippen molar-refractivity contribution in [2.75, 3.05) is 5.32 Å². The Bertz CT molecular complexity index is 1180. The first-order valence-corrected chi connectivity index (χ1v) is 10.5. The first-order valence-electron chi connectivity index (χ1n) is 9.51. The van der Waals surface area contributed by atoms with Crippen LogP contribution in [0.5, 0.6) is 0 Å². The predicted octanol–water partition coefficient (Wildman–Crippen LogP) is 5.02. The van der Waals surface area contributed by atoms with Gasteiger partial charge in [0, 0.05) is 11.4 Å². The van der Waals surface area contributed by atoms with Crippen LogP contribution in [-0.4, -0.2) is 20.7 Å². The van der Waals surface area contributed by atoms with Crippen molar-refractivity contribution >= 4 is 23.4 Å². The molecule has 31 heavy (non-hydrogen) atoms. The first kappa shape index (κ1) is 20.7. The highest BCUT2D eigenvalue weighted by Gasteiger charge is 2.18. The molecule has 0 radical (unpaired) electrons. The molecule has 0 spiro atoms. The van der Waals surface area contributed by atoms with Gasteiger partial charge in [0.15, 0.2) is 5.16 Å². The van der Waals surface area contributed by atoms with Gasteiger partial charge in [0.25, 0.3) is 0 Å². The Kier molecular flexibility index (Phi) is 6.37. The van der Waals surface area contributed by atoms with Crippen LogP contribution in [0.1, 0.15) is 11.4 Å². The second kappa shape index (κ2) is 9.53. The van der Waals surface area contributed by atoms with Crippen molar-refractivity contribution in [1.82, 2.24) is 14.8 Å². The zero-order valence-corrected chi connectivity index (χ0v) is 17.2. The summed E-state index contributed by atoms with van der Waals surface area (Å²) in [6.07, 6.45) is -0.0761. The molecular weight excluding hydrogens is 418 g/mol. The van der Waals surface area contributed by atoms with Crippen LogP contribution < -0.4 is 5.32 Å². The second-order valence-corrected chi connectivity index (χ2v) is 7.63. The van der Waals surface area contributed by atoms with E-state index in [1.165, 1.54) is 36.0 Å². The van der Waals surface area contributed by atoms with E-state index < -0.39 is 11.7 Å². The number of anilines is 1. The molecule has 1 amide bonds. The maximum Gasteiger partial charge on any atom is 0.232 e. The monoisotopic (exact) mass is 436 g/mol. The number of para-hydroxylation sites is 2. The minimum Gasteiger partial charge on any atom is -0.323 e. The Morgan fingerprint density at radius 1 is 0.903 bits per heavy atom. The van der Waals surface area contributed by atoms with Gasteiger partial charge in [-0.25, -0.2) is 8.78 Å². The third-order valence-electron chi connectivity index (χ3n) is 4.46. The molecule has 0 saturated carbocycles. The highest BCUT2D eigenvalue weighted by atomic mass is 32.2. The van der Waals surface area contributed by atoms with Crippen LogP contribution in [0, 0.1) is 11.6 Å². The Balaban J connectivity index is 1.56. The van der Waals surface area contributed by atoms with Gasteiger partial charge in [-0.05, 0) is 42.0 Å². The third-order valence-corrected chi connectivity index (χ3v) is 5.46. The van der Waals surface area contributed by atoms with Gasteiger partial charge < -0.3 is 5.32 Å². The summed E-state index contributed by atoms with van der Waals surface area (Å²) in [5.74, 6) is -0.196. The number of benzene rings is 3. The lowest BCUT2D eigenvalue weighted by atomic mass is 10.2. The normalized spacial score (nSPS) is 10.8. The van der Waals surface area contributed by atoms with Crippen molar-refractivity contribution in [3.8, 4) is 5.69 Å². The molecule has 1 N–H and O–H groups in total. The summed E-state index contributed by atoms with van der Waals surface area (Å²) in [4.78, 5) is 12.5. The highest BCUT2D eigenvalue weighted by molar-refractivity contribution is 7.98. The topological polar surface area (TPSA) is 59.8 Å². The lowest BCUT2D eigenvalue weighted by molar-refractivity contribution is -0.115. The van der Waals surface area contributed by atoms with Gasteiger partial charge in [-0.3, -0.25) is 9.36 Å². The molecule has 0 aliphatic heterocycles. The van der Waals surface area contributed by atoms with Crippen LogP contribution in [0.4, 0.5) is 14.5 Å². The molecule has 0 saturated heterocycles. The van der Waals surface area contributed by atoms with E-state index in [0.717, 1.165) is 11.3 Å². The number of hydrogen-bond donors (Lipinski definition) is 1. The summed E-state index contributed by atoms with van der Waals surface area (Å²) >= 11 is 1.43. The van der Waals surface area contributed by atoms with E-state index in [2.05, 4.69) is 15.5 Å². The molecule has 1 heterocycles. The number of halogens is 2. The van der Waals surface area contributed by atoms with Crippen molar-refractivity contribution in [3.63, 3.8) is 0 Å². The van der Waals surface area contributed by atoms with Crippen molar-refractivity contribution in [1.29, 1.82) is 0 Å². The Labute approximate surface area is 182 Å². The average molecular weight is 436 g/mol. The van der Waals surface area contributed by atoms with Gasteiger partial charge in [-0.2, -0.15) is 0 Å². The van der Waals surface area contributed by atoms with Crippen LogP contribution in [0.2, 0.25) is 0 Å². The van der Waals surface area contributed by atoms with E-state index in [-0.39, 0.29) is 17.9 Å². The fraction of sp³-hybridized carbons (Fsp3) is 0.0870. The summed E-state index contributed by atoms with van der Waals surface area (Å²) in [5, 5.41) is 11.6. The average Bonchev–Trinajstić information content (AvgIpc) is 3.18. The molecule has 3 aromatic carbocycles. The number of rotatable bonds is 7. The van der Waals surface area contributed by atoms with Gasteiger partial charge in [0.1, 0.15) is 17.5 Å². The molecular formula is C23H18F2N4OS. The van der Waals surface area contributed by atoms with E-state index in [4.69, 9.17) is 0 Å². The fourth-order valence-corrected chi connectivity index (χ4v) is 3.90. The number of amides is 1. The molecule has 0 atom stereocenters. The van der Waals surface area contributed by atoms with Gasteiger partial charge in [-0.15, -0.1) is 10.2 Å². The predicted molar refractivity (Wildman–Crippen MR) is 116 cm³/mol. The van der Waals surface area contributed by atoms with Crippen molar-refractivity contribution in [2.45, 2.75) is 17.3 Å². The Morgan fingerprint density at radius 3 is 2.35 bits per heavy atom. The van der Waals surface area contributed by atoms with Crippen LogP contribution in [0.15, 0.2) is 84.0 Å². The van der Waals surface area contributed by atoms with E-state index in [0.29, 0.717) is 16.7 Å². The third kappa shape index (κ3) is 5.16. The molecule has 4 aromatic rings. The number of thioether (sulfide) groups is 1. The summed E-state index contributed by atoms with van der Waals surface area (Å²) in [5.41, 5.74) is 1.86. The van der Waals surface area contributed by atoms with Crippen LogP contribution in [-0.2, 0) is 17.0 Å². The SMILES string of the molecule is O=C(Cc1nnc(SCc2ccc(F)cc2)n1-c1ccccc1)Nc1ccccc1F. The van der Waals surface area contributed by atoms with Crippen molar-refractivity contribution in [3.05, 3.63) is 102 Å². The molecule has 0 bridgehead atoms. The summed E-state index contributed by atoms with van der Waals surface area (Å²) in [7, 11) is 0. The molecule has 8 heteroatoms. The van der Waals surface area contributed by atoms with E-state index >= 15 is 0 Å². The van der Waals surface area contributed by atoms with Crippen LogP contribution in [0.25, 0.3) is 5.69 Å². The largest absolute Gasteiger partial charge is 0.323 e. The second-order valence-electron chi connectivity index (χ2n) is 6.69. The Hall–Kier alpha value is -3.52. The zero-order chi connectivity index (χ0) is 21.6. The quantitative estimate of drug-likeness (QED) is 0.414. The number of carbonyl (C=O) groups is 1. The maximum absolute atomic E-state index is 13.8. The standard InChI is InChI=1S/C23H18F2N4OS/c24-17-12-10-16(11-13-17)15-31-23-28-27-21(29(23)18-6-2-1-3-7-18)14-22(30)26-20-9-5-4-8-19(20)25/h1-13H,14-15H2,(H,26,30). The maximum atomic E-state index is 13.8. The number of nitrogens with one attached hydrogen (secondary N) is 1. The van der Waals surface area contributed by atoms with Gasteiger partial charge in [0.2, 0.25) is 5.91 Å². The Morgan fingerprint density at radius 2 is 1.61 bits per heavy atom. The van der Waals surface area contributed by atoms with Gasteiger partial charge >= 0.3 is 0 Å². The van der Waals surface area contributed by atoms with Crippen LogP contribution in [0.3, 0.4) is 0 Å². The summed E-state index contributed by atoms with van der Waals surface area (Å²) in [6.45, 7) is 0. The van der Waals surface area contributed by atoms with E-state index in [1.54, 1.807) is 28.8 Å². The lowest BCUT2D eigenvalue weighted by Gasteiger charge is -2.11. The zero-order valence-electron chi connectivity index (χ0n) is 16.3. The minimum absolute atomic E-state index is 0.0761. The number of aromatic nitrogens is 3. The fourth-order valence-electron chi connectivity index (χ4n) is 2.97. The van der Waals surface area contributed by atoms with E-state index in [9.17, 15) is 13.6 Å². The van der Waals surface area contributed by atoms with Crippen molar-refractivity contribution in [2.24, 2.45) is 0 Å². The summed E-state index contributed by atoms with van der Waals surface area (Å²) < 4.78 is 28.8. The number of carbonyl (C=O) groups excluding carboxylic acids is 1. The molecule has 4 rings (SSSR count). The molecule has 1 aromatic heterocycles. The van der Waals surface area contributed by atoms with Crippen molar-refractivity contribution < 1.29 is 13.6 Å². The molecule has 0 aliphatic rings. The van der Waals surface area contributed by atoms with Gasteiger partial charge in [-0.1, -0.05) is 54.2 Å². The smallest absolute Gasteiger partial charge is 0.232 e. The molecule has 0 aliphatic carbocycles. The molecule has 5 nitrogen and oxygen atoms in total. The van der Waals surface area contributed by atoms with Crippen LogP contribution >= 0.6 is 11.8 Å². The van der Waals surface area contributed by atoms with E-state index in [1.807, 2.05) is 30.3 Å². The first-order chi connectivity index (χ1) is 15.1. The van der Waals surface area contributed by atoms with Gasteiger partial charge in [0.05, 0.1) is 12.1 Å². The molecule has 156 valence electrons. The molecule has 0 unspecified atom stereocenters. The highest BCUT2D eigenvalue weighted by Crippen LogP contribution is 2.26. The summed E-state index contributed by atoms with van der Waals surface area (Å²) in [6, 6.07) is 21.7.